The van der Waals surface area contributed by atoms with Gasteiger partial charge in [0.1, 0.15) is 6.04 Å². The number of nitrogens with two attached hydrogens (primary N) is 2. The molecule has 0 spiro atoms. The molecule has 0 aromatic carbocycles. The number of piperazine rings is 1. The van der Waals surface area contributed by atoms with Crippen molar-refractivity contribution < 1.29 is 9.59 Å². The van der Waals surface area contributed by atoms with Gasteiger partial charge in [0.2, 0.25) is 11.8 Å². The maximum Gasteiger partial charge on any atom is 0.245 e. The molecule has 0 saturated carbocycles. The second-order valence-electron chi connectivity index (χ2n) is 10.8. The van der Waals surface area contributed by atoms with Gasteiger partial charge in [-0.15, -0.1) is 5.10 Å². The van der Waals surface area contributed by atoms with E-state index in [4.69, 9.17) is 11.5 Å². The van der Waals surface area contributed by atoms with Crippen molar-refractivity contribution in [3.05, 3.63) is 11.9 Å². The molecular formula is C28H53N9O2. The lowest BCUT2D eigenvalue weighted by Gasteiger charge is -2.27. The summed E-state index contributed by atoms with van der Waals surface area (Å²) in [5, 5.41) is 15.0. The lowest BCUT2D eigenvalue weighted by Crippen LogP contribution is -2.46. The highest BCUT2D eigenvalue weighted by Crippen LogP contribution is 2.21. The Kier molecular flexibility index (Phi) is 16.2. The molecule has 39 heavy (non-hydrogen) atoms. The monoisotopic (exact) mass is 547 g/mol. The number of carbonyl (C=O) groups is 2. The van der Waals surface area contributed by atoms with E-state index >= 15 is 0 Å². The second-order valence-corrected chi connectivity index (χ2v) is 10.8. The summed E-state index contributed by atoms with van der Waals surface area (Å²) in [5.41, 5.74) is 11.6. The summed E-state index contributed by atoms with van der Waals surface area (Å²) in [5.74, 6) is 0.609. The smallest absolute Gasteiger partial charge is 0.245 e. The molecule has 11 heteroatoms. The average molecular weight is 548 g/mol. The van der Waals surface area contributed by atoms with Gasteiger partial charge in [-0.3, -0.25) is 14.6 Å². The van der Waals surface area contributed by atoms with E-state index in [-0.39, 0.29) is 23.8 Å². The second kappa shape index (κ2) is 19.4. The van der Waals surface area contributed by atoms with E-state index in [1.54, 1.807) is 4.68 Å². The van der Waals surface area contributed by atoms with Gasteiger partial charge in [-0.1, -0.05) is 64.0 Å². The average Bonchev–Trinajstić information content (AvgIpc) is 3.39. The largest absolute Gasteiger partial charge is 0.370 e. The Labute approximate surface area is 234 Å². The molecule has 6 N–H and O–H groups in total. The fourth-order valence-corrected chi connectivity index (χ4v) is 4.90. The standard InChI is InChI=1S/C28H53N9O2/c1-3-23(2)26(37-22-24(34-35-37)14-11-13-17-33-28(29)30)27(39)32-16-12-9-7-5-4-6-8-10-15-25(38)36-20-18-31-19-21-36/h22-23,26,31H,3-21H2,1-2H3,(H,32,39)(H4,29,30,33)/t23-,26-/m0/s1. The maximum absolute atomic E-state index is 13.0. The van der Waals surface area contributed by atoms with E-state index in [1.165, 1.54) is 25.7 Å². The molecule has 1 aliphatic rings. The van der Waals surface area contributed by atoms with Gasteiger partial charge in [0, 0.05) is 51.9 Å². The quantitative estimate of drug-likeness (QED) is 0.111. The molecule has 1 aromatic rings. The van der Waals surface area contributed by atoms with Crippen LogP contribution in [0.25, 0.3) is 0 Å². The first kappa shape index (κ1) is 32.5. The number of nitrogens with zero attached hydrogens (tertiary/aromatic N) is 5. The number of hydrogen-bond donors (Lipinski definition) is 4. The van der Waals surface area contributed by atoms with E-state index in [9.17, 15) is 9.59 Å². The van der Waals surface area contributed by atoms with Gasteiger partial charge in [0.05, 0.1) is 5.69 Å². The maximum atomic E-state index is 13.0. The highest BCUT2D eigenvalue weighted by Gasteiger charge is 2.27. The molecule has 0 aliphatic carbocycles. The Morgan fingerprint density at radius 2 is 1.69 bits per heavy atom. The summed E-state index contributed by atoms with van der Waals surface area (Å²) in [6.07, 6.45) is 15.1. The van der Waals surface area contributed by atoms with Crippen molar-refractivity contribution in [3.63, 3.8) is 0 Å². The van der Waals surface area contributed by atoms with Crippen molar-refractivity contribution in [2.45, 2.75) is 103 Å². The lowest BCUT2D eigenvalue weighted by molar-refractivity contribution is -0.132. The number of hydrogen-bond acceptors (Lipinski definition) is 6. The first-order valence-corrected chi connectivity index (χ1v) is 15.1. The zero-order chi connectivity index (χ0) is 28.3. The molecule has 2 amide bonds. The number of unbranched alkanes of at least 4 members (excludes halogenated alkanes) is 8. The van der Waals surface area contributed by atoms with E-state index in [0.717, 1.165) is 83.2 Å². The fourth-order valence-electron chi connectivity index (χ4n) is 4.90. The van der Waals surface area contributed by atoms with Crippen LogP contribution in [0.2, 0.25) is 0 Å². The summed E-state index contributed by atoms with van der Waals surface area (Å²) < 4.78 is 1.73. The van der Waals surface area contributed by atoms with Crippen molar-refractivity contribution >= 4 is 17.8 Å². The van der Waals surface area contributed by atoms with Gasteiger partial charge in [-0.05, 0) is 38.0 Å². The third kappa shape index (κ3) is 13.3. The molecule has 1 saturated heterocycles. The van der Waals surface area contributed by atoms with Crippen molar-refractivity contribution in [2.75, 3.05) is 39.3 Å². The van der Waals surface area contributed by atoms with Gasteiger partial charge in [0.15, 0.2) is 5.96 Å². The minimum absolute atomic E-state index is 0.0175. The van der Waals surface area contributed by atoms with Crippen LogP contribution in [0.3, 0.4) is 0 Å². The number of carbonyl (C=O) groups excluding carboxylic acids is 2. The number of aromatic nitrogens is 3. The first-order valence-electron chi connectivity index (χ1n) is 15.1. The predicted octanol–water partition coefficient (Wildman–Crippen LogP) is 2.52. The van der Waals surface area contributed by atoms with Gasteiger partial charge in [-0.25, -0.2) is 4.68 Å². The minimum Gasteiger partial charge on any atom is -0.370 e. The molecule has 1 aromatic heterocycles. The van der Waals surface area contributed by atoms with E-state index < -0.39 is 0 Å². The molecular weight excluding hydrogens is 494 g/mol. The van der Waals surface area contributed by atoms with E-state index in [0.29, 0.717) is 25.4 Å². The Hall–Kier alpha value is -2.69. The lowest BCUT2D eigenvalue weighted by atomic mass is 9.98. The first-order chi connectivity index (χ1) is 18.9. The van der Waals surface area contributed by atoms with Crippen molar-refractivity contribution in [1.29, 1.82) is 0 Å². The number of aryl methyl sites for hydroxylation is 1. The highest BCUT2D eigenvalue weighted by atomic mass is 16.2. The molecule has 0 radical (unpaired) electrons. The number of nitrogens with one attached hydrogen (secondary N) is 2. The van der Waals surface area contributed by atoms with Crippen LogP contribution in [0.15, 0.2) is 11.2 Å². The number of aliphatic imine (C=N–C) groups is 1. The van der Waals surface area contributed by atoms with Gasteiger partial charge >= 0.3 is 0 Å². The Morgan fingerprint density at radius 3 is 2.36 bits per heavy atom. The van der Waals surface area contributed by atoms with Crippen molar-refractivity contribution in [3.8, 4) is 0 Å². The Morgan fingerprint density at radius 1 is 1.03 bits per heavy atom. The Bertz CT molecular complexity index is 848. The number of amides is 2. The molecule has 0 unspecified atom stereocenters. The molecule has 2 heterocycles. The molecule has 2 rings (SSSR count). The van der Waals surface area contributed by atoms with Gasteiger partial charge < -0.3 is 27.0 Å². The summed E-state index contributed by atoms with van der Waals surface area (Å²) in [6.45, 7) is 9.01. The van der Waals surface area contributed by atoms with Crippen LogP contribution in [0.5, 0.6) is 0 Å². The molecule has 11 nitrogen and oxygen atoms in total. The van der Waals surface area contributed by atoms with Gasteiger partial charge in [0.25, 0.3) is 0 Å². The highest BCUT2D eigenvalue weighted by molar-refractivity contribution is 5.80. The van der Waals surface area contributed by atoms with Crippen LogP contribution < -0.4 is 22.1 Å². The summed E-state index contributed by atoms with van der Waals surface area (Å²) in [4.78, 5) is 31.2. The zero-order valence-corrected chi connectivity index (χ0v) is 24.4. The number of rotatable bonds is 20. The summed E-state index contributed by atoms with van der Waals surface area (Å²) in [7, 11) is 0. The molecule has 2 atom stereocenters. The van der Waals surface area contributed by atoms with Crippen molar-refractivity contribution in [2.24, 2.45) is 22.4 Å². The zero-order valence-electron chi connectivity index (χ0n) is 24.4. The summed E-state index contributed by atoms with van der Waals surface area (Å²) in [6, 6.07) is -0.351. The van der Waals surface area contributed by atoms with E-state index in [2.05, 4.69) is 39.8 Å². The topological polar surface area (TPSA) is 157 Å². The third-order valence-corrected chi connectivity index (χ3v) is 7.52. The normalized spacial score (nSPS) is 15.1. The van der Waals surface area contributed by atoms with Crippen LogP contribution in [0.4, 0.5) is 0 Å². The fraction of sp³-hybridized carbons (Fsp3) is 0.821. The molecule has 222 valence electrons. The molecule has 1 fully saturated rings. The Balaban J connectivity index is 1.56. The van der Waals surface area contributed by atoms with Crippen LogP contribution in [-0.4, -0.2) is 76.9 Å². The summed E-state index contributed by atoms with van der Waals surface area (Å²) >= 11 is 0. The van der Waals surface area contributed by atoms with Gasteiger partial charge in [-0.2, -0.15) is 0 Å². The van der Waals surface area contributed by atoms with E-state index in [1.807, 2.05) is 11.1 Å². The van der Waals surface area contributed by atoms with Crippen LogP contribution >= 0.6 is 0 Å². The SMILES string of the molecule is CC[C@H](C)[C@@H](C(=O)NCCCCCCCCCCC(=O)N1CCNCC1)n1cc(CCCCN=C(N)N)nn1. The number of guanidine groups is 1. The molecule has 1 aliphatic heterocycles. The van der Waals surface area contributed by atoms with Crippen molar-refractivity contribution in [1.82, 2.24) is 30.5 Å². The third-order valence-electron chi connectivity index (χ3n) is 7.52. The van der Waals surface area contributed by atoms with Crippen LogP contribution in [-0.2, 0) is 16.0 Å². The minimum atomic E-state index is -0.351. The van der Waals surface area contributed by atoms with Crippen LogP contribution in [0, 0.1) is 5.92 Å². The molecule has 0 bridgehead atoms. The predicted molar refractivity (Wildman–Crippen MR) is 156 cm³/mol. The van der Waals surface area contributed by atoms with Crippen LogP contribution in [0.1, 0.15) is 103 Å².